The SMILES string of the molecule is CCC(=O)N(CC1CCCN(C(CC)c2ccccc2)C1)c1ccccc1. The number of para-hydroxylation sites is 1. The third-order valence-electron chi connectivity index (χ3n) is 5.67. The number of benzene rings is 2. The van der Waals surface area contributed by atoms with Crippen molar-refractivity contribution in [3.05, 3.63) is 66.2 Å². The van der Waals surface area contributed by atoms with Crippen LogP contribution in [0.4, 0.5) is 5.69 Å². The first-order valence-electron chi connectivity index (χ1n) is 10.4. The molecule has 1 aliphatic heterocycles. The number of rotatable bonds is 7. The van der Waals surface area contributed by atoms with Gasteiger partial charge in [-0.3, -0.25) is 9.69 Å². The van der Waals surface area contributed by atoms with Gasteiger partial charge in [-0.1, -0.05) is 62.4 Å². The third kappa shape index (κ3) is 4.98. The van der Waals surface area contributed by atoms with Crippen LogP contribution < -0.4 is 4.90 Å². The van der Waals surface area contributed by atoms with E-state index in [0.717, 1.165) is 31.7 Å². The van der Waals surface area contributed by atoms with E-state index in [1.807, 2.05) is 42.2 Å². The van der Waals surface area contributed by atoms with E-state index < -0.39 is 0 Å². The highest BCUT2D eigenvalue weighted by Gasteiger charge is 2.28. The summed E-state index contributed by atoms with van der Waals surface area (Å²) in [6.45, 7) is 7.26. The maximum absolute atomic E-state index is 12.6. The van der Waals surface area contributed by atoms with Gasteiger partial charge in [0.05, 0.1) is 0 Å². The van der Waals surface area contributed by atoms with Crippen LogP contribution in [0.5, 0.6) is 0 Å². The molecule has 1 amide bonds. The predicted octanol–water partition coefficient (Wildman–Crippen LogP) is 5.29. The third-order valence-corrected chi connectivity index (χ3v) is 5.67. The molecule has 0 saturated carbocycles. The predicted molar refractivity (Wildman–Crippen MR) is 113 cm³/mol. The molecule has 0 aromatic heterocycles. The molecule has 1 fully saturated rings. The zero-order chi connectivity index (χ0) is 19.1. The van der Waals surface area contributed by atoms with Crippen LogP contribution in [0, 0.1) is 5.92 Å². The molecular weight excluding hydrogens is 332 g/mol. The number of likely N-dealkylation sites (tertiary alicyclic amines) is 1. The second-order valence-corrected chi connectivity index (χ2v) is 7.53. The Morgan fingerprint density at radius 2 is 1.74 bits per heavy atom. The summed E-state index contributed by atoms with van der Waals surface area (Å²) < 4.78 is 0. The Morgan fingerprint density at radius 3 is 2.37 bits per heavy atom. The second-order valence-electron chi connectivity index (χ2n) is 7.53. The molecule has 0 aliphatic carbocycles. The molecule has 0 N–H and O–H groups in total. The smallest absolute Gasteiger partial charge is 0.226 e. The number of hydrogen-bond acceptors (Lipinski definition) is 2. The Balaban J connectivity index is 1.72. The first kappa shape index (κ1) is 19.6. The molecule has 0 bridgehead atoms. The van der Waals surface area contributed by atoms with Crippen LogP contribution in [-0.4, -0.2) is 30.4 Å². The van der Waals surface area contributed by atoms with Crippen molar-refractivity contribution in [2.75, 3.05) is 24.5 Å². The van der Waals surface area contributed by atoms with Crippen LogP contribution in [0.3, 0.4) is 0 Å². The highest BCUT2D eigenvalue weighted by molar-refractivity contribution is 5.93. The minimum atomic E-state index is 0.216. The average molecular weight is 365 g/mol. The van der Waals surface area contributed by atoms with Crippen molar-refractivity contribution >= 4 is 11.6 Å². The Morgan fingerprint density at radius 1 is 1.07 bits per heavy atom. The lowest BCUT2D eigenvalue weighted by Crippen LogP contribution is -2.44. The minimum absolute atomic E-state index is 0.216. The lowest BCUT2D eigenvalue weighted by atomic mass is 9.93. The number of nitrogens with zero attached hydrogens (tertiary/aromatic N) is 2. The highest BCUT2D eigenvalue weighted by atomic mass is 16.2. The van der Waals surface area contributed by atoms with Gasteiger partial charge in [-0.2, -0.15) is 0 Å². The van der Waals surface area contributed by atoms with Crippen molar-refractivity contribution in [2.24, 2.45) is 5.92 Å². The first-order chi connectivity index (χ1) is 13.2. The Bertz CT molecular complexity index is 701. The molecule has 1 saturated heterocycles. The van der Waals surface area contributed by atoms with E-state index in [-0.39, 0.29) is 5.91 Å². The maximum atomic E-state index is 12.6. The van der Waals surface area contributed by atoms with Gasteiger partial charge in [0, 0.05) is 31.2 Å². The lowest BCUT2D eigenvalue weighted by molar-refractivity contribution is -0.118. The van der Waals surface area contributed by atoms with E-state index in [0.29, 0.717) is 18.4 Å². The quantitative estimate of drug-likeness (QED) is 0.666. The van der Waals surface area contributed by atoms with Crippen LogP contribution in [0.25, 0.3) is 0 Å². The molecule has 1 heterocycles. The summed E-state index contributed by atoms with van der Waals surface area (Å²) >= 11 is 0. The topological polar surface area (TPSA) is 23.6 Å². The number of amides is 1. The highest BCUT2D eigenvalue weighted by Crippen LogP contribution is 2.30. The second kappa shape index (κ2) is 9.70. The number of piperidine rings is 1. The minimum Gasteiger partial charge on any atom is -0.312 e. The van der Waals surface area contributed by atoms with Gasteiger partial charge in [0.25, 0.3) is 0 Å². The normalized spacial score (nSPS) is 18.8. The molecule has 3 heteroatoms. The average Bonchev–Trinajstić information content (AvgIpc) is 2.74. The fourth-order valence-corrected chi connectivity index (χ4v) is 4.32. The molecule has 0 radical (unpaired) electrons. The fourth-order valence-electron chi connectivity index (χ4n) is 4.32. The van der Waals surface area contributed by atoms with Crippen molar-refractivity contribution in [1.29, 1.82) is 0 Å². The monoisotopic (exact) mass is 364 g/mol. The summed E-state index contributed by atoms with van der Waals surface area (Å²) in [6.07, 6.45) is 4.07. The standard InChI is InChI=1S/C24H32N2O/c1-3-23(21-13-7-5-8-14-21)25-17-11-12-20(18-25)19-26(24(27)4-2)22-15-9-6-10-16-22/h5-10,13-16,20,23H,3-4,11-12,17-19H2,1-2H3. The van der Waals surface area contributed by atoms with Crippen LogP contribution in [0.15, 0.2) is 60.7 Å². The summed E-state index contributed by atoms with van der Waals surface area (Å²) in [5, 5.41) is 0. The number of carbonyl (C=O) groups is 1. The fraction of sp³-hybridized carbons (Fsp3) is 0.458. The number of hydrogen-bond donors (Lipinski definition) is 0. The summed E-state index contributed by atoms with van der Waals surface area (Å²) in [4.78, 5) is 17.2. The molecule has 0 spiro atoms. The van der Waals surface area contributed by atoms with Crippen molar-refractivity contribution in [2.45, 2.75) is 45.6 Å². The van der Waals surface area contributed by atoms with Crippen molar-refractivity contribution in [3.8, 4) is 0 Å². The molecule has 2 unspecified atom stereocenters. The Labute approximate surface area is 164 Å². The van der Waals surface area contributed by atoms with E-state index in [2.05, 4.69) is 42.2 Å². The molecule has 2 aromatic rings. The van der Waals surface area contributed by atoms with Gasteiger partial charge in [-0.05, 0) is 49.4 Å². The van der Waals surface area contributed by atoms with Gasteiger partial charge >= 0.3 is 0 Å². The van der Waals surface area contributed by atoms with E-state index in [1.54, 1.807) is 0 Å². The van der Waals surface area contributed by atoms with E-state index in [9.17, 15) is 4.79 Å². The molecule has 3 rings (SSSR count). The van der Waals surface area contributed by atoms with Gasteiger partial charge in [-0.15, -0.1) is 0 Å². The van der Waals surface area contributed by atoms with Crippen LogP contribution in [0.1, 0.15) is 51.1 Å². The van der Waals surface area contributed by atoms with E-state index >= 15 is 0 Å². The zero-order valence-corrected chi connectivity index (χ0v) is 16.7. The van der Waals surface area contributed by atoms with E-state index in [4.69, 9.17) is 0 Å². The van der Waals surface area contributed by atoms with Crippen molar-refractivity contribution in [1.82, 2.24) is 4.90 Å². The van der Waals surface area contributed by atoms with Gasteiger partial charge < -0.3 is 4.90 Å². The Hall–Kier alpha value is -2.13. The van der Waals surface area contributed by atoms with Crippen molar-refractivity contribution in [3.63, 3.8) is 0 Å². The summed E-state index contributed by atoms with van der Waals surface area (Å²) in [5.41, 5.74) is 2.43. The molecule has 2 aromatic carbocycles. The maximum Gasteiger partial charge on any atom is 0.226 e. The van der Waals surface area contributed by atoms with Gasteiger partial charge in [-0.25, -0.2) is 0 Å². The number of anilines is 1. The summed E-state index contributed by atoms with van der Waals surface area (Å²) in [5.74, 6) is 0.737. The molecule has 3 nitrogen and oxygen atoms in total. The Kier molecular flexibility index (Phi) is 7.05. The van der Waals surface area contributed by atoms with E-state index in [1.165, 1.54) is 18.4 Å². The van der Waals surface area contributed by atoms with Crippen LogP contribution in [-0.2, 0) is 4.79 Å². The lowest BCUT2D eigenvalue weighted by Gasteiger charge is -2.40. The van der Waals surface area contributed by atoms with Gasteiger partial charge in [0.1, 0.15) is 0 Å². The molecular formula is C24H32N2O. The molecule has 27 heavy (non-hydrogen) atoms. The van der Waals surface area contributed by atoms with Crippen LogP contribution >= 0.6 is 0 Å². The van der Waals surface area contributed by atoms with Crippen molar-refractivity contribution < 1.29 is 4.79 Å². The zero-order valence-electron chi connectivity index (χ0n) is 16.7. The molecule has 1 aliphatic rings. The molecule has 2 atom stereocenters. The largest absolute Gasteiger partial charge is 0.312 e. The first-order valence-corrected chi connectivity index (χ1v) is 10.4. The number of carbonyl (C=O) groups excluding carboxylic acids is 1. The van der Waals surface area contributed by atoms with Crippen LogP contribution in [0.2, 0.25) is 0 Å². The van der Waals surface area contributed by atoms with Gasteiger partial charge in [0.15, 0.2) is 0 Å². The summed E-state index contributed by atoms with van der Waals surface area (Å²) in [7, 11) is 0. The van der Waals surface area contributed by atoms with Gasteiger partial charge in [0.2, 0.25) is 5.91 Å². The summed E-state index contributed by atoms with van der Waals surface area (Å²) in [6, 6.07) is 21.5. The molecule has 144 valence electrons.